The molecule has 2 atom stereocenters. The Kier molecular flexibility index (Phi) is 4.34. The molecule has 0 aliphatic carbocycles. The zero-order valence-electron chi connectivity index (χ0n) is 11.1. The molecule has 0 aromatic heterocycles. The number of hydrogen-bond donors (Lipinski definition) is 2. The largest absolute Gasteiger partial charge is 0.396 e. The highest BCUT2D eigenvalue weighted by Gasteiger charge is 2.07. The third kappa shape index (κ3) is 3.09. The van der Waals surface area contributed by atoms with Crippen molar-refractivity contribution in [3.8, 4) is 0 Å². The van der Waals surface area contributed by atoms with Crippen LogP contribution >= 0.6 is 0 Å². The molecule has 2 aromatic carbocycles. The van der Waals surface area contributed by atoms with Gasteiger partial charge < -0.3 is 10.4 Å². The summed E-state index contributed by atoms with van der Waals surface area (Å²) < 4.78 is 0. The van der Waals surface area contributed by atoms with Crippen molar-refractivity contribution in [3.05, 3.63) is 48.0 Å². The fourth-order valence-corrected chi connectivity index (χ4v) is 2.04. The number of fused-ring (bicyclic) bond motifs is 1. The Bertz CT molecular complexity index is 509. The normalized spacial score (nSPS) is 14.6. The molecule has 0 aliphatic rings. The molecule has 0 radical (unpaired) electrons. The number of aliphatic hydroxyl groups is 1. The number of nitrogens with one attached hydrogen (secondary N) is 1. The minimum absolute atomic E-state index is 0.234. The molecule has 2 aromatic rings. The van der Waals surface area contributed by atoms with Gasteiger partial charge >= 0.3 is 0 Å². The number of hydrogen-bond acceptors (Lipinski definition) is 2. The Labute approximate surface area is 109 Å². The first-order chi connectivity index (χ1) is 8.70. The summed E-state index contributed by atoms with van der Waals surface area (Å²) in [5, 5.41) is 15.0. The van der Waals surface area contributed by atoms with E-state index in [9.17, 15) is 0 Å². The molecule has 0 heterocycles. The van der Waals surface area contributed by atoms with Gasteiger partial charge in [-0.3, -0.25) is 0 Å². The van der Waals surface area contributed by atoms with Gasteiger partial charge in [0, 0.05) is 19.2 Å². The molecule has 2 N–H and O–H groups in total. The quantitative estimate of drug-likeness (QED) is 0.845. The van der Waals surface area contributed by atoms with E-state index in [1.54, 1.807) is 0 Å². The van der Waals surface area contributed by atoms with Crippen molar-refractivity contribution < 1.29 is 5.11 Å². The summed E-state index contributed by atoms with van der Waals surface area (Å²) in [7, 11) is 0. The molecule has 0 spiro atoms. The summed E-state index contributed by atoms with van der Waals surface area (Å²) in [6.45, 7) is 5.27. The fraction of sp³-hybridized carbons (Fsp3) is 0.375. The standard InChI is InChI=1S/C16H21NO/c1-12(11-18)10-17-13(2)15-8-7-14-5-3-4-6-16(14)9-15/h3-9,12-13,17-18H,10-11H2,1-2H3. The third-order valence-electron chi connectivity index (χ3n) is 3.36. The highest BCUT2D eigenvalue weighted by atomic mass is 16.3. The van der Waals surface area contributed by atoms with Crippen LogP contribution in [0.15, 0.2) is 42.5 Å². The molecule has 0 saturated heterocycles. The lowest BCUT2D eigenvalue weighted by molar-refractivity contribution is 0.231. The predicted octanol–water partition coefficient (Wildman–Crippen LogP) is 3.12. The number of benzene rings is 2. The van der Waals surface area contributed by atoms with Crippen molar-refractivity contribution in [2.45, 2.75) is 19.9 Å². The zero-order valence-corrected chi connectivity index (χ0v) is 11.1. The Hall–Kier alpha value is -1.38. The molecule has 0 amide bonds. The van der Waals surface area contributed by atoms with Crippen LogP contribution in [0.5, 0.6) is 0 Å². The van der Waals surface area contributed by atoms with E-state index >= 15 is 0 Å². The molecule has 0 saturated carbocycles. The van der Waals surface area contributed by atoms with Crippen molar-refractivity contribution >= 4 is 10.8 Å². The first-order valence-electron chi connectivity index (χ1n) is 6.53. The van der Waals surface area contributed by atoms with E-state index in [2.05, 4.69) is 54.7 Å². The second kappa shape index (κ2) is 5.98. The van der Waals surface area contributed by atoms with Gasteiger partial charge in [0.25, 0.3) is 0 Å². The molecule has 0 fully saturated rings. The SMILES string of the molecule is CC(CO)CNC(C)c1ccc2ccccc2c1. The maximum absolute atomic E-state index is 9.02. The van der Waals surface area contributed by atoms with Crippen LogP contribution in [0.25, 0.3) is 10.8 Å². The third-order valence-corrected chi connectivity index (χ3v) is 3.36. The van der Waals surface area contributed by atoms with E-state index < -0.39 is 0 Å². The fourth-order valence-electron chi connectivity index (χ4n) is 2.04. The van der Waals surface area contributed by atoms with Gasteiger partial charge in [-0.05, 0) is 35.2 Å². The molecule has 96 valence electrons. The van der Waals surface area contributed by atoms with Crippen LogP contribution in [0.4, 0.5) is 0 Å². The number of rotatable bonds is 5. The molecule has 18 heavy (non-hydrogen) atoms. The van der Waals surface area contributed by atoms with Gasteiger partial charge in [-0.1, -0.05) is 43.3 Å². The van der Waals surface area contributed by atoms with E-state index in [1.165, 1.54) is 16.3 Å². The van der Waals surface area contributed by atoms with E-state index in [0.717, 1.165) is 6.54 Å². The first kappa shape index (κ1) is 13.1. The Morgan fingerprint density at radius 3 is 2.50 bits per heavy atom. The van der Waals surface area contributed by atoms with Crippen LogP contribution in [0.2, 0.25) is 0 Å². The Balaban J connectivity index is 2.10. The van der Waals surface area contributed by atoms with Gasteiger partial charge in [-0.15, -0.1) is 0 Å². The van der Waals surface area contributed by atoms with Crippen LogP contribution < -0.4 is 5.32 Å². The molecule has 2 heteroatoms. The smallest absolute Gasteiger partial charge is 0.0468 e. The van der Waals surface area contributed by atoms with Crippen LogP contribution in [0, 0.1) is 5.92 Å². The van der Waals surface area contributed by atoms with Gasteiger partial charge in [0.05, 0.1) is 0 Å². The van der Waals surface area contributed by atoms with Gasteiger partial charge in [-0.2, -0.15) is 0 Å². The van der Waals surface area contributed by atoms with Crippen LogP contribution in [-0.2, 0) is 0 Å². The summed E-state index contributed by atoms with van der Waals surface area (Å²) in [6, 6.07) is 15.3. The van der Waals surface area contributed by atoms with Crippen LogP contribution in [0.3, 0.4) is 0 Å². The molecular weight excluding hydrogens is 222 g/mol. The van der Waals surface area contributed by atoms with Gasteiger partial charge in [0.1, 0.15) is 0 Å². The molecule has 0 bridgehead atoms. The maximum Gasteiger partial charge on any atom is 0.0468 e. The highest BCUT2D eigenvalue weighted by molar-refractivity contribution is 5.83. The monoisotopic (exact) mass is 243 g/mol. The van der Waals surface area contributed by atoms with Crippen molar-refractivity contribution in [3.63, 3.8) is 0 Å². The number of aliphatic hydroxyl groups excluding tert-OH is 1. The molecule has 2 nitrogen and oxygen atoms in total. The lowest BCUT2D eigenvalue weighted by atomic mass is 10.0. The van der Waals surface area contributed by atoms with Crippen molar-refractivity contribution in [2.24, 2.45) is 5.92 Å². The Morgan fingerprint density at radius 1 is 1.06 bits per heavy atom. The minimum atomic E-state index is 0.234. The van der Waals surface area contributed by atoms with Crippen LogP contribution in [0.1, 0.15) is 25.5 Å². The van der Waals surface area contributed by atoms with Crippen molar-refractivity contribution in [2.75, 3.05) is 13.2 Å². The average Bonchev–Trinajstić information content (AvgIpc) is 2.43. The van der Waals surface area contributed by atoms with Gasteiger partial charge in [0.2, 0.25) is 0 Å². The summed E-state index contributed by atoms with van der Waals surface area (Å²) in [5.41, 5.74) is 1.29. The van der Waals surface area contributed by atoms with Gasteiger partial charge in [-0.25, -0.2) is 0 Å². The average molecular weight is 243 g/mol. The minimum Gasteiger partial charge on any atom is -0.396 e. The van der Waals surface area contributed by atoms with E-state index in [4.69, 9.17) is 5.11 Å². The van der Waals surface area contributed by atoms with Crippen LogP contribution in [-0.4, -0.2) is 18.3 Å². The van der Waals surface area contributed by atoms with Gasteiger partial charge in [0.15, 0.2) is 0 Å². The molecular formula is C16H21NO. The molecule has 0 aliphatic heterocycles. The van der Waals surface area contributed by atoms with Crippen molar-refractivity contribution in [1.82, 2.24) is 5.32 Å². The summed E-state index contributed by atoms with van der Waals surface area (Å²) in [6.07, 6.45) is 0. The second-order valence-electron chi connectivity index (χ2n) is 5.02. The van der Waals surface area contributed by atoms with Crippen molar-refractivity contribution in [1.29, 1.82) is 0 Å². The zero-order chi connectivity index (χ0) is 13.0. The van der Waals surface area contributed by atoms with E-state index in [-0.39, 0.29) is 6.61 Å². The summed E-state index contributed by atoms with van der Waals surface area (Å²) >= 11 is 0. The summed E-state index contributed by atoms with van der Waals surface area (Å²) in [4.78, 5) is 0. The van der Waals surface area contributed by atoms with E-state index in [1.807, 2.05) is 6.92 Å². The van der Waals surface area contributed by atoms with E-state index in [0.29, 0.717) is 12.0 Å². The molecule has 2 unspecified atom stereocenters. The topological polar surface area (TPSA) is 32.3 Å². The predicted molar refractivity (Wildman–Crippen MR) is 76.6 cm³/mol. The maximum atomic E-state index is 9.02. The first-order valence-corrected chi connectivity index (χ1v) is 6.53. The molecule has 2 rings (SSSR count). The Morgan fingerprint density at radius 2 is 1.78 bits per heavy atom. The second-order valence-corrected chi connectivity index (χ2v) is 5.02. The highest BCUT2D eigenvalue weighted by Crippen LogP contribution is 2.20. The summed E-state index contributed by atoms with van der Waals surface area (Å²) in [5.74, 6) is 0.299. The lowest BCUT2D eigenvalue weighted by Gasteiger charge is -2.17. The lowest BCUT2D eigenvalue weighted by Crippen LogP contribution is -2.26.